The molecule has 0 aromatic heterocycles. The summed E-state index contributed by atoms with van der Waals surface area (Å²) in [6.45, 7) is 3.98. The second-order valence-electron chi connectivity index (χ2n) is 9.83. The van der Waals surface area contributed by atoms with Crippen LogP contribution in [0.5, 0.6) is 0 Å². The van der Waals surface area contributed by atoms with Crippen LogP contribution in [0.2, 0.25) is 0 Å². The summed E-state index contributed by atoms with van der Waals surface area (Å²) in [7, 11) is 0. The number of Topliss-reactive ketones (excluding diaryl/α,β-unsaturated/α-hetero) is 3. The molecule has 1 saturated heterocycles. The van der Waals surface area contributed by atoms with Gasteiger partial charge in [-0.1, -0.05) is 48.9 Å². The van der Waals surface area contributed by atoms with Gasteiger partial charge in [0.05, 0.1) is 6.61 Å². The molecule has 7 atom stereocenters. The lowest BCUT2D eigenvalue weighted by Gasteiger charge is -2.42. The Bertz CT molecular complexity index is 1290. The topological polar surface area (TPSA) is 197 Å². The molecule has 3 aliphatic heterocycles. The van der Waals surface area contributed by atoms with Gasteiger partial charge in [-0.3, -0.25) is 30.0 Å². The van der Waals surface area contributed by atoms with Crippen LogP contribution >= 0.6 is 11.6 Å². The third-order valence-corrected chi connectivity index (χ3v) is 7.60. The molecule has 39 heavy (non-hydrogen) atoms. The summed E-state index contributed by atoms with van der Waals surface area (Å²) in [5.74, 6) is -6.29. The molecule has 210 valence electrons. The number of nitrogens with two attached hydrogens (primary N) is 1. The van der Waals surface area contributed by atoms with Crippen molar-refractivity contribution in [2.24, 2.45) is 20.7 Å². The largest absolute Gasteiger partial charge is 0.382 e. The number of amidine groups is 1. The molecule has 3 aliphatic rings. The van der Waals surface area contributed by atoms with Gasteiger partial charge >= 0.3 is 0 Å². The van der Waals surface area contributed by atoms with Gasteiger partial charge in [0.1, 0.15) is 18.7 Å². The number of ether oxygens (including phenoxy) is 2. The molecule has 0 bridgehead atoms. The van der Waals surface area contributed by atoms with E-state index in [4.69, 9.17) is 26.8 Å². The van der Waals surface area contributed by atoms with Crippen molar-refractivity contribution in [1.29, 1.82) is 0 Å². The Morgan fingerprint density at radius 2 is 1.87 bits per heavy atom. The van der Waals surface area contributed by atoms with Crippen LogP contribution in [0.25, 0.3) is 0 Å². The highest BCUT2D eigenvalue weighted by molar-refractivity contribution is 6.56. The maximum Gasteiger partial charge on any atom is 0.286 e. The van der Waals surface area contributed by atoms with Gasteiger partial charge in [0.25, 0.3) is 5.91 Å². The van der Waals surface area contributed by atoms with E-state index in [1.54, 1.807) is 0 Å². The standard InChI is InChI=1S/C25H30ClN5O8/c1-13(17-8-6-5-7-9-17)10-38-25(31-12-29-18-20(31)28-11-30-24(18,26)27)21(36)22(37,15(3)33)23(39-25,16(4)34)19(35)14(2)32/h5-9,11,13,19,21,35-37H,10,12,27H2,1-4H3/t13?,19?,21-,22+,23-,24?,25-/m1/s1. The van der Waals surface area contributed by atoms with Crippen molar-refractivity contribution in [2.75, 3.05) is 13.3 Å². The fraction of sp³-hybridized carbons (Fsp3) is 0.520. The number of aliphatic imine (C=N–C) groups is 3. The SMILES string of the molecule is CC(=O)C(O)[C@@]1(C(C)=O)O[C@@](OCC(C)c2ccccc2)(N2CN=C3C2=NC=NC3(N)Cl)[C@H](O)[C@@]1(O)C(C)=O. The molecule has 0 radical (unpaired) electrons. The van der Waals surface area contributed by atoms with Crippen molar-refractivity contribution >= 4 is 46.8 Å². The van der Waals surface area contributed by atoms with Crippen LogP contribution in [-0.4, -0.2) is 103 Å². The molecular weight excluding hydrogens is 534 g/mol. The van der Waals surface area contributed by atoms with E-state index in [9.17, 15) is 29.7 Å². The van der Waals surface area contributed by atoms with E-state index >= 15 is 0 Å². The maximum absolute atomic E-state index is 13.2. The van der Waals surface area contributed by atoms with Gasteiger partial charge in [-0.15, -0.1) is 0 Å². The number of carbonyl (C=O) groups excluding carboxylic acids is 3. The lowest BCUT2D eigenvalue weighted by Crippen LogP contribution is -2.70. The molecule has 3 heterocycles. The molecule has 14 heteroatoms. The molecule has 0 amide bonds. The van der Waals surface area contributed by atoms with Crippen LogP contribution in [0.1, 0.15) is 39.2 Å². The lowest BCUT2D eigenvalue weighted by atomic mass is 9.71. The zero-order valence-corrected chi connectivity index (χ0v) is 22.5. The number of hydrogen-bond acceptors (Lipinski definition) is 13. The number of ketones is 3. The van der Waals surface area contributed by atoms with Gasteiger partial charge < -0.3 is 24.8 Å². The Labute approximate surface area is 229 Å². The van der Waals surface area contributed by atoms with Gasteiger partial charge in [-0.2, -0.15) is 0 Å². The summed E-state index contributed by atoms with van der Waals surface area (Å²) in [4.78, 5) is 52.0. The Hall–Kier alpha value is -2.91. The van der Waals surface area contributed by atoms with E-state index in [1.807, 2.05) is 37.3 Å². The molecule has 0 saturated carbocycles. The van der Waals surface area contributed by atoms with E-state index in [2.05, 4.69) is 15.0 Å². The van der Waals surface area contributed by atoms with Gasteiger partial charge in [0.15, 0.2) is 41.0 Å². The molecule has 1 aromatic carbocycles. The first-order valence-corrected chi connectivity index (χ1v) is 12.5. The fourth-order valence-corrected chi connectivity index (χ4v) is 5.35. The monoisotopic (exact) mass is 563 g/mol. The molecule has 0 spiro atoms. The number of hydrogen-bond donors (Lipinski definition) is 4. The Balaban J connectivity index is 1.91. The summed E-state index contributed by atoms with van der Waals surface area (Å²) in [5.41, 5.74) is 0.720. The van der Waals surface area contributed by atoms with Crippen LogP contribution < -0.4 is 5.73 Å². The third kappa shape index (κ3) is 4.16. The Kier molecular flexibility index (Phi) is 7.40. The highest BCUT2D eigenvalue weighted by Gasteiger charge is 2.81. The van der Waals surface area contributed by atoms with Crippen LogP contribution in [0.4, 0.5) is 0 Å². The summed E-state index contributed by atoms with van der Waals surface area (Å²) in [6, 6.07) is 9.15. The van der Waals surface area contributed by atoms with Gasteiger partial charge in [-0.25, -0.2) is 9.98 Å². The summed E-state index contributed by atoms with van der Waals surface area (Å²) in [6.07, 6.45) is -3.70. The fourth-order valence-electron chi connectivity index (χ4n) is 5.16. The smallest absolute Gasteiger partial charge is 0.286 e. The van der Waals surface area contributed by atoms with Crippen molar-refractivity contribution < 1.29 is 39.2 Å². The van der Waals surface area contributed by atoms with E-state index in [0.29, 0.717) is 0 Å². The number of benzene rings is 1. The van der Waals surface area contributed by atoms with Crippen molar-refractivity contribution in [3.05, 3.63) is 35.9 Å². The number of halogens is 1. The predicted octanol–water partition coefficient (Wildman–Crippen LogP) is -0.545. The quantitative estimate of drug-likeness (QED) is 0.223. The lowest BCUT2D eigenvalue weighted by molar-refractivity contribution is -0.332. The van der Waals surface area contributed by atoms with E-state index in [0.717, 1.165) is 37.6 Å². The molecule has 1 fully saturated rings. The van der Waals surface area contributed by atoms with E-state index in [1.165, 1.54) is 0 Å². The molecule has 4 rings (SSSR count). The van der Waals surface area contributed by atoms with E-state index in [-0.39, 0.29) is 30.7 Å². The zero-order valence-electron chi connectivity index (χ0n) is 21.7. The summed E-state index contributed by atoms with van der Waals surface area (Å²) < 4.78 is 12.3. The number of alkyl halides is 1. The second-order valence-corrected chi connectivity index (χ2v) is 10.4. The number of aliphatic hydroxyl groups is 3. The summed E-state index contributed by atoms with van der Waals surface area (Å²) >= 11 is 6.29. The van der Waals surface area contributed by atoms with E-state index < -0.39 is 51.8 Å². The highest BCUT2D eigenvalue weighted by atomic mass is 35.5. The number of aliphatic hydroxyl groups excluding tert-OH is 2. The summed E-state index contributed by atoms with van der Waals surface area (Å²) in [5, 5.41) is 32.7. The Morgan fingerprint density at radius 3 is 2.44 bits per heavy atom. The minimum Gasteiger partial charge on any atom is -0.382 e. The second kappa shape index (κ2) is 9.93. The van der Waals surface area contributed by atoms with Crippen LogP contribution in [0.3, 0.4) is 0 Å². The first-order chi connectivity index (χ1) is 18.2. The molecule has 1 aromatic rings. The first kappa shape index (κ1) is 29.1. The van der Waals surface area contributed by atoms with Crippen molar-refractivity contribution in [1.82, 2.24) is 4.90 Å². The van der Waals surface area contributed by atoms with Gasteiger partial charge in [0, 0.05) is 5.92 Å². The van der Waals surface area contributed by atoms with Gasteiger partial charge in [0.2, 0.25) is 10.7 Å². The van der Waals surface area contributed by atoms with Gasteiger partial charge in [-0.05, 0) is 26.3 Å². The van der Waals surface area contributed by atoms with Crippen molar-refractivity contribution in [3.63, 3.8) is 0 Å². The minimum atomic E-state index is -3.15. The van der Waals surface area contributed by atoms with Crippen molar-refractivity contribution in [3.8, 4) is 0 Å². The zero-order chi connectivity index (χ0) is 29.0. The number of carbonyl (C=O) groups is 3. The van der Waals surface area contributed by atoms with Crippen LogP contribution in [-0.2, 0) is 23.9 Å². The first-order valence-electron chi connectivity index (χ1n) is 12.1. The molecule has 3 unspecified atom stereocenters. The maximum atomic E-state index is 13.2. The average Bonchev–Trinajstić information content (AvgIpc) is 3.41. The Morgan fingerprint density at radius 1 is 1.23 bits per heavy atom. The molecule has 0 aliphatic carbocycles. The molecule has 13 nitrogen and oxygen atoms in total. The van der Waals surface area contributed by atoms with Crippen molar-refractivity contribution in [2.45, 2.75) is 68.1 Å². The number of rotatable bonds is 9. The molecule has 5 N–H and O–H groups in total. The minimum absolute atomic E-state index is 0.0413. The number of fused-ring (bicyclic) bond motifs is 1. The predicted molar refractivity (Wildman–Crippen MR) is 139 cm³/mol. The highest BCUT2D eigenvalue weighted by Crippen LogP contribution is 2.52. The normalized spacial score (nSPS) is 35.2. The van der Waals surface area contributed by atoms with Crippen LogP contribution in [0.15, 0.2) is 45.3 Å². The van der Waals surface area contributed by atoms with Crippen LogP contribution in [0, 0.1) is 0 Å². The third-order valence-electron chi connectivity index (χ3n) is 7.33. The molecular formula is C25H30ClN5O8. The number of nitrogens with zero attached hydrogens (tertiary/aromatic N) is 4. The average molecular weight is 564 g/mol.